The van der Waals surface area contributed by atoms with Crippen molar-refractivity contribution >= 4 is 22.4 Å². The number of anilines is 1. The molecule has 0 radical (unpaired) electrons. The predicted octanol–water partition coefficient (Wildman–Crippen LogP) is 4.18. The highest BCUT2D eigenvalue weighted by molar-refractivity contribution is 6.11. The molecule has 1 aromatic heterocycles. The van der Waals surface area contributed by atoms with E-state index in [4.69, 9.17) is 0 Å². The number of hydrogen-bond acceptors (Lipinski definition) is 3. The van der Waals surface area contributed by atoms with E-state index in [1.54, 1.807) is 12.1 Å². The van der Waals surface area contributed by atoms with Gasteiger partial charge in [0.05, 0.1) is 5.39 Å². The molecule has 4 rings (SSSR count). The SMILES string of the molecule is CC(C)Cn1nc(C(=O)Nc2cccc3c2CCCC3)c2ccccc2c1=O. The number of carbonyl (C=O) groups excluding carboxylic acids is 1. The third kappa shape index (κ3) is 3.44. The minimum Gasteiger partial charge on any atom is -0.320 e. The molecule has 3 aromatic rings. The normalized spacial score (nSPS) is 13.5. The predicted molar refractivity (Wildman–Crippen MR) is 112 cm³/mol. The van der Waals surface area contributed by atoms with Crippen LogP contribution in [0.25, 0.3) is 10.8 Å². The molecule has 144 valence electrons. The van der Waals surface area contributed by atoms with Gasteiger partial charge in [0, 0.05) is 17.6 Å². The van der Waals surface area contributed by atoms with Gasteiger partial charge < -0.3 is 5.32 Å². The number of aryl methyl sites for hydroxylation is 1. The minimum atomic E-state index is -0.271. The molecule has 1 N–H and O–H groups in total. The lowest BCUT2D eigenvalue weighted by Crippen LogP contribution is -2.29. The zero-order valence-corrected chi connectivity index (χ0v) is 16.4. The first-order valence-corrected chi connectivity index (χ1v) is 9.96. The second kappa shape index (κ2) is 7.58. The van der Waals surface area contributed by atoms with Gasteiger partial charge in [0.15, 0.2) is 5.69 Å². The Morgan fingerprint density at radius 2 is 1.82 bits per heavy atom. The van der Waals surface area contributed by atoms with Crippen LogP contribution in [0.4, 0.5) is 5.69 Å². The molecule has 0 atom stereocenters. The van der Waals surface area contributed by atoms with Gasteiger partial charge in [-0.05, 0) is 54.9 Å². The maximum absolute atomic E-state index is 13.2. The molecule has 0 saturated heterocycles. The molecular formula is C23H25N3O2. The van der Waals surface area contributed by atoms with Gasteiger partial charge in [-0.1, -0.05) is 44.2 Å². The molecule has 5 heteroatoms. The molecule has 1 aliphatic carbocycles. The van der Waals surface area contributed by atoms with Crippen molar-refractivity contribution in [2.45, 2.75) is 46.1 Å². The van der Waals surface area contributed by atoms with Crippen molar-refractivity contribution in [2.75, 3.05) is 5.32 Å². The molecule has 0 spiro atoms. The van der Waals surface area contributed by atoms with Gasteiger partial charge in [-0.3, -0.25) is 9.59 Å². The Bertz CT molecular complexity index is 1100. The summed E-state index contributed by atoms with van der Waals surface area (Å²) in [6.07, 6.45) is 4.36. The molecule has 0 aliphatic heterocycles. The quantitative estimate of drug-likeness (QED) is 0.744. The summed E-state index contributed by atoms with van der Waals surface area (Å²) in [7, 11) is 0. The van der Waals surface area contributed by atoms with Crippen LogP contribution in [0.1, 0.15) is 48.3 Å². The zero-order valence-electron chi connectivity index (χ0n) is 16.4. The van der Waals surface area contributed by atoms with Crippen LogP contribution in [0.15, 0.2) is 47.3 Å². The van der Waals surface area contributed by atoms with Crippen molar-refractivity contribution in [3.63, 3.8) is 0 Å². The van der Waals surface area contributed by atoms with E-state index in [2.05, 4.69) is 16.5 Å². The first-order chi connectivity index (χ1) is 13.5. The molecule has 0 unspecified atom stereocenters. The van der Waals surface area contributed by atoms with Crippen molar-refractivity contribution in [1.82, 2.24) is 9.78 Å². The van der Waals surface area contributed by atoms with Crippen LogP contribution < -0.4 is 10.9 Å². The van der Waals surface area contributed by atoms with Gasteiger partial charge in [-0.15, -0.1) is 0 Å². The lowest BCUT2D eigenvalue weighted by atomic mass is 9.90. The number of benzene rings is 2. The summed E-state index contributed by atoms with van der Waals surface area (Å²) in [6, 6.07) is 13.3. The Balaban J connectivity index is 1.77. The van der Waals surface area contributed by atoms with Crippen molar-refractivity contribution in [3.05, 3.63) is 69.6 Å². The summed E-state index contributed by atoms with van der Waals surface area (Å²) in [5.41, 5.74) is 3.53. The highest BCUT2D eigenvalue weighted by Gasteiger charge is 2.20. The Morgan fingerprint density at radius 3 is 2.61 bits per heavy atom. The fraction of sp³-hybridized carbons (Fsp3) is 0.348. The Morgan fingerprint density at radius 1 is 1.07 bits per heavy atom. The van der Waals surface area contributed by atoms with Gasteiger partial charge in [-0.25, -0.2) is 4.68 Å². The number of rotatable bonds is 4. The monoisotopic (exact) mass is 375 g/mol. The van der Waals surface area contributed by atoms with E-state index in [0.29, 0.717) is 23.0 Å². The molecular weight excluding hydrogens is 350 g/mol. The molecule has 0 saturated carbocycles. The first-order valence-electron chi connectivity index (χ1n) is 9.96. The fourth-order valence-corrected chi connectivity index (χ4v) is 3.95. The van der Waals surface area contributed by atoms with Gasteiger partial charge in [0.1, 0.15) is 0 Å². The van der Waals surface area contributed by atoms with Crippen molar-refractivity contribution < 1.29 is 4.79 Å². The maximum Gasteiger partial charge on any atom is 0.276 e. The largest absolute Gasteiger partial charge is 0.320 e. The highest BCUT2D eigenvalue weighted by atomic mass is 16.2. The van der Waals surface area contributed by atoms with E-state index in [1.807, 2.05) is 38.1 Å². The molecule has 1 heterocycles. The Labute approximate surface area is 164 Å². The zero-order chi connectivity index (χ0) is 19.7. The molecule has 1 amide bonds. The second-order valence-corrected chi connectivity index (χ2v) is 7.88. The lowest BCUT2D eigenvalue weighted by molar-refractivity contribution is 0.102. The third-order valence-corrected chi connectivity index (χ3v) is 5.27. The van der Waals surface area contributed by atoms with Crippen molar-refractivity contribution in [1.29, 1.82) is 0 Å². The van der Waals surface area contributed by atoms with Gasteiger partial charge in [0.2, 0.25) is 0 Å². The molecule has 1 aliphatic rings. The van der Waals surface area contributed by atoms with Crippen LogP contribution in [0.2, 0.25) is 0 Å². The minimum absolute atomic E-state index is 0.155. The number of amides is 1. The topological polar surface area (TPSA) is 64.0 Å². The van der Waals surface area contributed by atoms with Crippen LogP contribution in [-0.4, -0.2) is 15.7 Å². The summed E-state index contributed by atoms with van der Waals surface area (Å²) < 4.78 is 1.42. The number of aromatic nitrogens is 2. The maximum atomic E-state index is 13.2. The smallest absolute Gasteiger partial charge is 0.276 e. The number of nitrogens with zero attached hydrogens (tertiary/aromatic N) is 2. The number of fused-ring (bicyclic) bond motifs is 2. The summed E-state index contributed by atoms with van der Waals surface area (Å²) in [4.78, 5) is 25.9. The van der Waals surface area contributed by atoms with Gasteiger partial charge >= 0.3 is 0 Å². The summed E-state index contributed by atoms with van der Waals surface area (Å²) in [5.74, 6) is -0.0175. The van der Waals surface area contributed by atoms with Crippen LogP contribution in [0.3, 0.4) is 0 Å². The van der Waals surface area contributed by atoms with E-state index in [-0.39, 0.29) is 17.4 Å². The van der Waals surface area contributed by atoms with E-state index in [0.717, 1.165) is 24.9 Å². The highest BCUT2D eigenvalue weighted by Crippen LogP contribution is 2.28. The molecule has 5 nitrogen and oxygen atoms in total. The second-order valence-electron chi connectivity index (χ2n) is 7.88. The van der Waals surface area contributed by atoms with Crippen LogP contribution in [-0.2, 0) is 19.4 Å². The standard InChI is InChI=1S/C23H25N3O2/c1-15(2)14-26-23(28)19-12-6-5-11-18(19)21(25-26)22(27)24-20-13-7-9-16-8-3-4-10-17(16)20/h5-7,9,11-13,15H,3-4,8,10,14H2,1-2H3,(H,24,27). The molecule has 28 heavy (non-hydrogen) atoms. The molecule has 0 fully saturated rings. The summed E-state index contributed by atoms with van der Waals surface area (Å²) in [6.45, 7) is 4.53. The van der Waals surface area contributed by atoms with Gasteiger partial charge in [0.25, 0.3) is 11.5 Å². The third-order valence-electron chi connectivity index (χ3n) is 5.27. The summed E-state index contributed by atoms with van der Waals surface area (Å²) >= 11 is 0. The Hall–Kier alpha value is -2.95. The van der Waals surface area contributed by atoms with Crippen molar-refractivity contribution in [3.8, 4) is 0 Å². The van der Waals surface area contributed by atoms with Crippen molar-refractivity contribution in [2.24, 2.45) is 5.92 Å². The Kier molecular flexibility index (Phi) is 4.99. The number of carbonyl (C=O) groups is 1. The molecule has 2 aromatic carbocycles. The average Bonchev–Trinajstić information content (AvgIpc) is 2.70. The average molecular weight is 375 g/mol. The fourth-order valence-electron chi connectivity index (χ4n) is 3.95. The first kappa shape index (κ1) is 18.4. The van der Waals surface area contributed by atoms with Crippen LogP contribution in [0, 0.1) is 5.92 Å². The van der Waals surface area contributed by atoms with Crippen LogP contribution in [0.5, 0.6) is 0 Å². The number of hydrogen-bond donors (Lipinski definition) is 1. The lowest BCUT2D eigenvalue weighted by Gasteiger charge is -2.20. The summed E-state index contributed by atoms with van der Waals surface area (Å²) in [5, 5.41) is 8.62. The van der Waals surface area contributed by atoms with E-state index in [1.165, 1.54) is 22.2 Å². The van der Waals surface area contributed by atoms with E-state index < -0.39 is 0 Å². The van der Waals surface area contributed by atoms with Gasteiger partial charge in [-0.2, -0.15) is 5.10 Å². The van der Waals surface area contributed by atoms with E-state index in [9.17, 15) is 9.59 Å². The molecule has 0 bridgehead atoms. The number of nitrogens with one attached hydrogen (secondary N) is 1. The van der Waals surface area contributed by atoms with E-state index >= 15 is 0 Å². The van der Waals surface area contributed by atoms with Crippen LogP contribution >= 0.6 is 0 Å².